The van der Waals surface area contributed by atoms with Crippen molar-refractivity contribution in [3.05, 3.63) is 61.5 Å². The number of hydrogen-bond donors (Lipinski definition) is 0. The molecule has 0 bridgehead atoms. The Bertz CT molecular complexity index is 643. The molecule has 0 amide bonds. The van der Waals surface area contributed by atoms with Gasteiger partial charge in [0.25, 0.3) is 0 Å². The molecule has 1 nitrogen and oxygen atoms in total. The van der Waals surface area contributed by atoms with Gasteiger partial charge in [-0.25, -0.2) is 0 Å². The van der Waals surface area contributed by atoms with E-state index in [-0.39, 0.29) is 0 Å². The summed E-state index contributed by atoms with van der Waals surface area (Å²) < 4.78 is 6.19. The standard InChI is InChI=1S/C15H12BrCl3O/c1-8-10(4-3-5-13(8)18)14(19)11-6-9(17)7-12(16)15(11)20-2/h3-7,14H,1-2H3. The summed E-state index contributed by atoms with van der Waals surface area (Å²) in [5.74, 6) is 0.675. The lowest BCUT2D eigenvalue weighted by atomic mass is 9.99. The molecule has 0 spiro atoms. The zero-order valence-corrected chi connectivity index (χ0v) is 14.7. The van der Waals surface area contributed by atoms with E-state index in [1.54, 1.807) is 13.2 Å². The minimum Gasteiger partial charge on any atom is -0.495 e. The van der Waals surface area contributed by atoms with Crippen LogP contribution in [0.3, 0.4) is 0 Å². The number of rotatable bonds is 3. The van der Waals surface area contributed by atoms with Gasteiger partial charge in [-0.2, -0.15) is 0 Å². The zero-order valence-electron chi connectivity index (χ0n) is 10.9. The molecule has 1 atom stereocenters. The maximum Gasteiger partial charge on any atom is 0.138 e. The lowest BCUT2D eigenvalue weighted by molar-refractivity contribution is 0.407. The summed E-state index contributed by atoms with van der Waals surface area (Å²) in [5.41, 5.74) is 2.69. The van der Waals surface area contributed by atoms with Crippen molar-refractivity contribution in [1.29, 1.82) is 0 Å². The van der Waals surface area contributed by atoms with Gasteiger partial charge in [0, 0.05) is 15.6 Å². The summed E-state index contributed by atoms with van der Waals surface area (Å²) in [7, 11) is 1.60. The highest BCUT2D eigenvalue weighted by atomic mass is 79.9. The molecular weight excluding hydrogens is 382 g/mol. The van der Waals surface area contributed by atoms with Gasteiger partial charge < -0.3 is 4.74 Å². The summed E-state index contributed by atoms with van der Waals surface area (Å²) in [6.07, 6.45) is 0. The van der Waals surface area contributed by atoms with Gasteiger partial charge in [0.1, 0.15) is 5.75 Å². The molecule has 0 saturated heterocycles. The third kappa shape index (κ3) is 3.09. The van der Waals surface area contributed by atoms with Gasteiger partial charge in [0.2, 0.25) is 0 Å². The van der Waals surface area contributed by atoms with Crippen molar-refractivity contribution in [2.75, 3.05) is 7.11 Å². The van der Waals surface area contributed by atoms with E-state index >= 15 is 0 Å². The summed E-state index contributed by atoms with van der Waals surface area (Å²) in [6, 6.07) is 9.26. The fourth-order valence-corrected chi connectivity index (χ4v) is 3.63. The first kappa shape index (κ1) is 16.0. The molecule has 0 N–H and O–H groups in total. The number of hydrogen-bond acceptors (Lipinski definition) is 1. The van der Waals surface area contributed by atoms with Crippen LogP contribution in [0.25, 0.3) is 0 Å². The normalized spacial score (nSPS) is 12.3. The predicted molar refractivity (Wildman–Crippen MR) is 89.6 cm³/mol. The highest BCUT2D eigenvalue weighted by molar-refractivity contribution is 9.10. The Hall–Kier alpha value is -0.410. The van der Waals surface area contributed by atoms with Crippen LogP contribution in [0.15, 0.2) is 34.8 Å². The average Bonchev–Trinajstić information content (AvgIpc) is 2.40. The average molecular weight is 395 g/mol. The Balaban J connectivity index is 2.58. The molecule has 2 aromatic rings. The predicted octanol–water partition coefficient (Wildman–Crippen LogP) is 6.40. The minimum absolute atomic E-state index is 0.390. The third-order valence-corrected chi connectivity index (χ3v) is 4.78. The highest BCUT2D eigenvalue weighted by Gasteiger charge is 2.21. The van der Waals surface area contributed by atoms with E-state index in [0.29, 0.717) is 15.8 Å². The molecule has 0 fully saturated rings. The van der Waals surface area contributed by atoms with Gasteiger partial charge in [-0.3, -0.25) is 0 Å². The molecule has 20 heavy (non-hydrogen) atoms. The van der Waals surface area contributed by atoms with Crippen LogP contribution < -0.4 is 4.74 Å². The van der Waals surface area contributed by atoms with Crippen LogP contribution in [0.2, 0.25) is 10.0 Å². The molecule has 106 valence electrons. The number of ether oxygens (including phenoxy) is 1. The highest BCUT2D eigenvalue weighted by Crippen LogP contribution is 2.42. The fourth-order valence-electron chi connectivity index (χ4n) is 2.05. The topological polar surface area (TPSA) is 9.23 Å². The Morgan fingerprint density at radius 3 is 2.50 bits per heavy atom. The minimum atomic E-state index is -0.390. The Labute approximate surface area is 141 Å². The van der Waals surface area contributed by atoms with E-state index in [2.05, 4.69) is 15.9 Å². The van der Waals surface area contributed by atoms with Crippen molar-refractivity contribution in [2.45, 2.75) is 12.3 Å². The zero-order chi connectivity index (χ0) is 14.9. The van der Waals surface area contributed by atoms with Gasteiger partial charge in [-0.15, -0.1) is 11.6 Å². The van der Waals surface area contributed by atoms with E-state index < -0.39 is 5.38 Å². The van der Waals surface area contributed by atoms with Crippen LogP contribution in [0.4, 0.5) is 0 Å². The molecule has 0 radical (unpaired) electrons. The van der Waals surface area contributed by atoms with E-state index in [4.69, 9.17) is 39.5 Å². The molecule has 1 unspecified atom stereocenters. The van der Waals surface area contributed by atoms with Crippen molar-refractivity contribution < 1.29 is 4.74 Å². The fraction of sp³-hybridized carbons (Fsp3) is 0.200. The Kier molecular flexibility index (Phi) is 5.25. The molecule has 0 aromatic heterocycles. The molecule has 5 heteroatoms. The van der Waals surface area contributed by atoms with Gasteiger partial charge >= 0.3 is 0 Å². The first-order valence-corrected chi connectivity index (χ1v) is 7.86. The maximum absolute atomic E-state index is 6.62. The van der Waals surface area contributed by atoms with Gasteiger partial charge in [0.15, 0.2) is 0 Å². The Morgan fingerprint density at radius 2 is 1.85 bits per heavy atom. The van der Waals surface area contributed by atoms with Crippen molar-refractivity contribution >= 4 is 50.7 Å². The van der Waals surface area contributed by atoms with Crippen molar-refractivity contribution in [1.82, 2.24) is 0 Å². The number of benzene rings is 2. The number of methoxy groups -OCH3 is 1. The molecule has 0 aliphatic rings. The van der Waals surface area contributed by atoms with Gasteiger partial charge in [-0.1, -0.05) is 35.3 Å². The van der Waals surface area contributed by atoms with Crippen molar-refractivity contribution in [3.8, 4) is 5.75 Å². The summed E-state index contributed by atoms with van der Waals surface area (Å²) in [4.78, 5) is 0. The smallest absolute Gasteiger partial charge is 0.138 e. The van der Waals surface area contributed by atoms with E-state index in [1.807, 2.05) is 31.2 Å². The van der Waals surface area contributed by atoms with E-state index in [9.17, 15) is 0 Å². The number of alkyl halides is 1. The Morgan fingerprint density at radius 1 is 1.15 bits per heavy atom. The van der Waals surface area contributed by atoms with E-state index in [0.717, 1.165) is 21.2 Å². The van der Waals surface area contributed by atoms with Crippen LogP contribution in [-0.2, 0) is 0 Å². The third-order valence-electron chi connectivity index (χ3n) is 3.10. The van der Waals surface area contributed by atoms with Crippen molar-refractivity contribution in [3.63, 3.8) is 0 Å². The lowest BCUT2D eigenvalue weighted by Crippen LogP contribution is -2.00. The summed E-state index contributed by atoms with van der Waals surface area (Å²) in [5, 5.41) is 0.893. The van der Waals surface area contributed by atoms with Gasteiger partial charge in [0.05, 0.1) is 17.0 Å². The van der Waals surface area contributed by atoms with Crippen LogP contribution in [0.1, 0.15) is 22.1 Å². The largest absolute Gasteiger partial charge is 0.495 e. The molecule has 2 aromatic carbocycles. The second-order valence-corrected chi connectivity index (χ2v) is 6.46. The van der Waals surface area contributed by atoms with Crippen LogP contribution in [-0.4, -0.2) is 7.11 Å². The molecular formula is C15H12BrCl3O. The lowest BCUT2D eigenvalue weighted by Gasteiger charge is -2.18. The maximum atomic E-state index is 6.62. The monoisotopic (exact) mass is 392 g/mol. The second kappa shape index (κ2) is 6.57. The van der Waals surface area contributed by atoms with Crippen molar-refractivity contribution in [2.24, 2.45) is 0 Å². The molecule has 0 aliphatic heterocycles. The first-order chi connectivity index (χ1) is 9.45. The molecule has 0 aliphatic carbocycles. The molecule has 0 heterocycles. The van der Waals surface area contributed by atoms with E-state index in [1.165, 1.54) is 0 Å². The molecule has 2 rings (SSSR count). The summed E-state index contributed by atoms with van der Waals surface area (Å²) >= 11 is 22.3. The second-order valence-electron chi connectivity index (χ2n) is 4.33. The van der Waals surface area contributed by atoms with Crippen LogP contribution in [0.5, 0.6) is 5.75 Å². The van der Waals surface area contributed by atoms with Crippen LogP contribution in [0, 0.1) is 6.92 Å². The van der Waals surface area contributed by atoms with Crippen LogP contribution >= 0.6 is 50.7 Å². The molecule has 0 saturated carbocycles. The SMILES string of the molecule is COc1c(Br)cc(Cl)cc1C(Cl)c1cccc(Cl)c1C. The first-order valence-electron chi connectivity index (χ1n) is 5.87. The number of halogens is 4. The quantitative estimate of drug-likeness (QED) is 0.547. The van der Waals surface area contributed by atoms with Gasteiger partial charge in [-0.05, 0) is 52.2 Å². The summed E-state index contributed by atoms with van der Waals surface area (Å²) in [6.45, 7) is 1.94.